The van der Waals surface area contributed by atoms with E-state index in [4.69, 9.17) is 0 Å². The molecule has 1 heterocycles. The summed E-state index contributed by atoms with van der Waals surface area (Å²) in [6, 6.07) is 0. The van der Waals surface area contributed by atoms with Gasteiger partial charge in [0.1, 0.15) is 0 Å². The van der Waals surface area contributed by atoms with E-state index in [0.29, 0.717) is 5.91 Å². The molecule has 0 atom stereocenters. The lowest BCUT2D eigenvalue weighted by Gasteiger charge is -2.28. The number of carbonyl (C=O) groups is 1. The number of nitrogens with one attached hydrogen (secondary N) is 2. The number of carbonyl (C=O) groups excluding carboxylic acids is 1. The number of piperazine rings is 1. The van der Waals surface area contributed by atoms with Gasteiger partial charge in [-0.25, -0.2) is 0 Å². The zero-order valence-corrected chi connectivity index (χ0v) is 14.4. The highest BCUT2D eigenvalue weighted by Crippen LogP contribution is 2.31. The van der Waals surface area contributed by atoms with Gasteiger partial charge in [-0.2, -0.15) is 0 Å². The van der Waals surface area contributed by atoms with Crippen LogP contribution in [0.5, 0.6) is 0 Å². The van der Waals surface area contributed by atoms with E-state index < -0.39 is 0 Å². The SMILES string of the molecule is CCCCC1CCC(C(=O)NCCCN2CCNCC2)CC1. The van der Waals surface area contributed by atoms with Gasteiger partial charge < -0.3 is 15.5 Å². The zero-order valence-electron chi connectivity index (χ0n) is 14.4. The lowest BCUT2D eigenvalue weighted by molar-refractivity contribution is -0.126. The van der Waals surface area contributed by atoms with Crippen molar-refractivity contribution in [2.24, 2.45) is 11.8 Å². The Kier molecular flexibility index (Phi) is 8.24. The molecule has 2 aliphatic rings. The van der Waals surface area contributed by atoms with Gasteiger partial charge in [0.05, 0.1) is 0 Å². The topological polar surface area (TPSA) is 44.4 Å². The van der Waals surface area contributed by atoms with E-state index in [0.717, 1.165) is 64.4 Å². The lowest BCUT2D eigenvalue weighted by atomic mass is 9.79. The van der Waals surface area contributed by atoms with Crippen molar-refractivity contribution < 1.29 is 4.79 Å². The summed E-state index contributed by atoms with van der Waals surface area (Å²) >= 11 is 0. The minimum atomic E-state index is 0.289. The van der Waals surface area contributed by atoms with E-state index in [2.05, 4.69) is 22.5 Å². The van der Waals surface area contributed by atoms with E-state index in [1.807, 2.05) is 0 Å². The maximum atomic E-state index is 12.2. The molecule has 1 saturated heterocycles. The molecule has 0 radical (unpaired) electrons. The van der Waals surface area contributed by atoms with Crippen molar-refractivity contribution in [2.75, 3.05) is 39.3 Å². The first-order valence-electron chi connectivity index (χ1n) is 9.50. The number of amides is 1. The second-order valence-corrected chi connectivity index (χ2v) is 7.10. The van der Waals surface area contributed by atoms with E-state index >= 15 is 0 Å². The van der Waals surface area contributed by atoms with Crippen molar-refractivity contribution in [3.8, 4) is 0 Å². The smallest absolute Gasteiger partial charge is 0.223 e. The number of rotatable bonds is 8. The molecule has 0 aromatic rings. The van der Waals surface area contributed by atoms with E-state index in [9.17, 15) is 4.79 Å². The van der Waals surface area contributed by atoms with Crippen LogP contribution < -0.4 is 10.6 Å². The predicted octanol–water partition coefficient (Wildman–Crippen LogP) is 2.39. The van der Waals surface area contributed by atoms with Crippen LogP contribution in [0.4, 0.5) is 0 Å². The highest BCUT2D eigenvalue weighted by Gasteiger charge is 2.25. The molecule has 1 aliphatic carbocycles. The van der Waals surface area contributed by atoms with Gasteiger partial charge in [-0.3, -0.25) is 4.79 Å². The Hall–Kier alpha value is -0.610. The second-order valence-electron chi connectivity index (χ2n) is 7.10. The molecule has 2 rings (SSSR count). The Balaban J connectivity index is 1.52. The molecule has 1 amide bonds. The Bertz CT molecular complexity index is 307. The monoisotopic (exact) mass is 309 g/mol. The molecule has 0 bridgehead atoms. The fraction of sp³-hybridized carbons (Fsp3) is 0.944. The van der Waals surface area contributed by atoms with Gasteiger partial charge in [-0.15, -0.1) is 0 Å². The maximum Gasteiger partial charge on any atom is 0.223 e. The van der Waals surface area contributed by atoms with Gasteiger partial charge in [-0.1, -0.05) is 26.2 Å². The molecule has 1 saturated carbocycles. The molecular formula is C18H35N3O. The summed E-state index contributed by atoms with van der Waals surface area (Å²) in [5.41, 5.74) is 0. The number of unbranched alkanes of at least 4 members (excludes halogenated alkanes) is 1. The zero-order chi connectivity index (χ0) is 15.6. The molecule has 2 fully saturated rings. The molecule has 128 valence electrons. The second kappa shape index (κ2) is 10.2. The number of hydrogen-bond acceptors (Lipinski definition) is 3. The Morgan fingerprint density at radius 3 is 2.55 bits per heavy atom. The standard InChI is InChI=1S/C18H35N3O/c1-2-3-5-16-6-8-17(9-7-16)18(22)20-10-4-13-21-14-11-19-12-15-21/h16-17,19H,2-15H2,1H3,(H,20,22). The van der Waals surface area contributed by atoms with Crippen LogP contribution in [0.15, 0.2) is 0 Å². The van der Waals surface area contributed by atoms with Crippen LogP contribution in [0.1, 0.15) is 58.3 Å². The average Bonchev–Trinajstić information content (AvgIpc) is 2.58. The molecule has 0 spiro atoms. The van der Waals surface area contributed by atoms with Crippen LogP contribution in [-0.4, -0.2) is 50.1 Å². The minimum Gasteiger partial charge on any atom is -0.356 e. The summed E-state index contributed by atoms with van der Waals surface area (Å²) in [5, 5.41) is 6.54. The van der Waals surface area contributed by atoms with Gasteiger partial charge in [-0.05, 0) is 44.6 Å². The van der Waals surface area contributed by atoms with Crippen LogP contribution in [0.2, 0.25) is 0 Å². The molecule has 0 aromatic heterocycles. The quantitative estimate of drug-likeness (QED) is 0.677. The van der Waals surface area contributed by atoms with Crippen molar-refractivity contribution in [1.29, 1.82) is 0 Å². The van der Waals surface area contributed by atoms with Crippen molar-refractivity contribution in [3.05, 3.63) is 0 Å². The Labute approximate surface area is 136 Å². The summed E-state index contributed by atoms with van der Waals surface area (Å²) in [5.74, 6) is 1.49. The fourth-order valence-electron chi connectivity index (χ4n) is 3.80. The largest absolute Gasteiger partial charge is 0.356 e. The van der Waals surface area contributed by atoms with E-state index in [-0.39, 0.29) is 5.92 Å². The first kappa shape index (κ1) is 17.7. The third-order valence-corrected chi connectivity index (χ3v) is 5.34. The van der Waals surface area contributed by atoms with Gasteiger partial charge in [0.2, 0.25) is 5.91 Å². The van der Waals surface area contributed by atoms with Crippen LogP contribution >= 0.6 is 0 Å². The molecule has 22 heavy (non-hydrogen) atoms. The van der Waals surface area contributed by atoms with Crippen LogP contribution in [0.25, 0.3) is 0 Å². The third-order valence-electron chi connectivity index (χ3n) is 5.34. The molecule has 2 N–H and O–H groups in total. The summed E-state index contributed by atoms with van der Waals surface area (Å²) in [6.07, 6.45) is 9.85. The van der Waals surface area contributed by atoms with Crippen molar-refractivity contribution in [3.63, 3.8) is 0 Å². The number of hydrogen-bond donors (Lipinski definition) is 2. The first-order chi connectivity index (χ1) is 10.8. The first-order valence-corrected chi connectivity index (χ1v) is 9.50. The Morgan fingerprint density at radius 2 is 1.86 bits per heavy atom. The molecule has 4 nitrogen and oxygen atoms in total. The fourth-order valence-corrected chi connectivity index (χ4v) is 3.80. The van der Waals surface area contributed by atoms with Crippen LogP contribution in [0.3, 0.4) is 0 Å². The molecule has 0 unspecified atom stereocenters. The average molecular weight is 309 g/mol. The van der Waals surface area contributed by atoms with Gasteiger partial charge in [0, 0.05) is 38.6 Å². The number of nitrogens with zero attached hydrogens (tertiary/aromatic N) is 1. The minimum absolute atomic E-state index is 0.289. The summed E-state index contributed by atoms with van der Waals surface area (Å²) in [4.78, 5) is 14.7. The highest BCUT2D eigenvalue weighted by molar-refractivity contribution is 5.78. The van der Waals surface area contributed by atoms with Gasteiger partial charge >= 0.3 is 0 Å². The van der Waals surface area contributed by atoms with Gasteiger partial charge in [0.25, 0.3) is 0 Å². The van der Waals surface area contributed by atoms with E-state index in [1.54, 1.807) is 0 Å². The molecule has 1 aliphatic heterocycles. The Morgan fingerprint density at radius 1 is 1.14 bits per heavy atom. The van der Waals surface area contributed by atoms with Gasteiger partial charge in [0.15, 0.2) is 0 Å². The third kappa shape index (κ3) is 6.25. The van der Waals surface area contributed by atoms with Crippen molar-refractivity contribution in [1.82, 2.24) is 15.5 Å². The van der Waals surface area contributed by atoms with Crippen molar-refractivity contribution in [2.45, 2.75) is 58.3 Å². The van der Waals surface area contributed by atoms with Crippen LogP contribution in [-0.2, 0) is 4.79 Å². The summed E-state index contributed by atoms with van der Waals surface area (Å²) in [6.45, 7) is 8.73. The maximum absolute atomic E-state index is 12.2. The predicted molar refractivity (Wildman–Crippen MR) is 91.9 cm³/mol. The van der Waals surface area contributed by atoms with E-state index in [1.165, 1.54) is 32.1 Å². The molecule has 4 heteroatoms. The highest BCUT2D eigenvalue weighted by atomic mass is 16.1. The van der Waals surface area contributed by atoms with Crippen molar-refractivity contribution >= 4 is 5.91 Å². The summed E-state index contributed by atoms with van der Waals surface area (Å²) < 4.78 is 0. The molecular weight excluding hydrogens is 274 g/mol. The molecule has 0 aromatic carbocycles. The lowest BCUT2D eigenvalue weighted by Crippen LogP contribution is -2.44. The summed E-state index contributed by atoms with van der Waals surface area (Å²) in [7, 11) is 0. The normalized spacial score (nSPS) is 26.8. The van der Waals surface area contributed by atoms with Crippen LogP contribution in [0, 0.1) is 11.8 Å².